The first-order valence-electron chi connectivity index (χ1n) is 4.92. The molecule has 84 valence electrons. The summed E-state index contributed by atoms with van der Waals surface area (Å²) in [6, 6.07) is 5.58. The van der Waals surface area contributed by atoms with Crippen LogP contribution in [0.1, 0.15) is 12.8 Å². The third-order valence-corrected chi connectivity index (χ3v) is 2.98. The Morgan fingerprint density at radius 3 is 2.53 bits per heavy atom. The van der Waals surface area contributed by atoms with Crippen LogP contribution in [0.4, 0.5) is 5.69 Å². The number of rotatable bonds is 5. The van der Waals surface area contributed by atoms with E-state index in [0.29, 0.717) is 10.0 Å². The Hall–Kier alpha value is -0.440. The van der Waals surface area contributed by atoms with Gasteiger partial charge in [-0.15, -0.1) is 0 Å². The lowest BCUT2D eigenvalue weighted by Gasteiger charge is -2.19. The number of nitrogens with zero attached hydrogens (tertiary/aromatic N) is 1. The van der Waals surface area contributed by atoms with E-state index < -0.39 is 0 Å². The van der Waals surface area contributed by atoms with Gasteiger partial charge in [0.2, 0.25) is 0 Å². The van der Waals surface area contributed by atoms with Gasteiger partial charge in [0.25, 0.3) is 0 Å². The number of benzene rings is 1. The molecule has 1 rings (SSSR count). The molecule has 15 heavy (non-hydrogen) atoms. The molecule has 1 aromatic rings. The Balaban J connectivity index is 2.57. The van der Waals surface area contributed by atoms with Crippen LogP contribution >= 0.6 is 23.2 Å². The van der Waals surface area contributed by atoms with Crippen molar-refractivity contribution in [3.63, 3.8) is 0 Å². The molecule has 0 bridgehead atoms. The second kappa shape index (κ2) is 6.21. The van der Waals surface area contributed by atoms with E-state index >= 15 is 0 Å². The number of anilines is 1. The molecule has 4 heteroatoms. The highest BCUT2D eigenvalue weighted by molar-refractivity contribution is 6.42. The zero-order chi connectivity index (χ0) is 11.3. The lowest BCUT2D eigenvalue weighted by molar-refractivity contribution is 0.285. The Bertz CT molecular complexity index is 317. The Kier molecular flexibility index (Phi) is 5.23. The van der Waals surface area contributed by atoms with Gasteiger partial charge in [-0.2, -0.15) is 0 Å². The molecule has 0 fully saturated rings. The minimum absolute atomic E-state index is 0.245. The lowest BCUT2D eigenvalue weighted by Crippen LogP contribution is -2.18. The van der Waals surface area contributed by atoms with Crippen LogP contribution in [-0.2, 0) is 0 Å². The number of halogens is 2. The van der Waals surface area contributed by atoms with Crippen molar-refractivity contribution in [3.05, 3.63) is 28.2 Å². The first kappa shape index (κ1) is 12.6. The van der Waals surface area contributed by atoms with Crippen LogP contribution in [0.2, 0.25) is 10.0 Å². The summed E-state index contributed by atoms with van der Waals surface area (Å²) < 4.78 is 0. The quantitative estimate of drug-likeness (QED) is 0.809. The molecule has 0 heterocycles. The summed E-state index contributed by atoms with van der Waals surface area (Å²) in [5.74, 6) is 0. The maximum atomic E-state index is 8.67. The van der Waals surface area contributed by atoms with E-state index in [2.05, 4.69) is 4.90 Å². The molecule has 2 nitrogen and oxygen atoms in total. The molecule has 0 amide bonds. The van der Waals surface area contributed by atoms with E-state index in [-0.39, 0.29) is 6.61 Å². The van der Waals surface area contributed by atoms with Crippen molar-refractivity contribution in [2.45, 2.75) is 12.8 Å². The lowest BCUT2D eigenvalue weighted by atomic mass is 10.2. The second-order valence-electron chi connectivity index (χ2n) is 3.45. The molecule has 0 saturated carbocycles. The van der Waals surface area contributed by atoms with Crippen LogP contribution in [0.5, 0.6) is 0 Å². The number of aliphatic hydroxyl groups is 1. The van der Waals surface area contributed by atoms with E-state index in [9.17, 15) is 0 Å². The molecular formula is C11H15Cl2NO. The Morgan fingerprint density at radius 1 is 1.20 bits per heavy atom. The minimum atomic E-state index is 0.245. The molecule has 0 spiro atoms. The average Bonchev–Trinajstić information content (AvgIpc) is 2.22. The van der Waals surface area contributed by atoms with Gasteiger partial charge in [-0.05, 0) is 31.0 Å². The van der Waals surface area contributed by atoms with E-state index in [1.54, 1.807) is 6.07 Å². The molecule has 0 saturated heterocycles. The topological polar surface area (TPSA) is 23.5 Å². The van der Waals surface area contributed by atoms with Gasteiger partial charge in [-0.1, -0.05) is 23.2 Å². The van der Waals surface area contributed by atoms with Gasteiger partial charge < -0.3 is 10.0 Å². The summed E-state index contributed by atoms with van der Waals surface area (Å²) in [6.07, 6.45) is 1.79. The van der Waals surface area contributed by atoms with Gasteiger partial charge in [0.05, 0.1) is 10.0 Å². The standard InChI is InChI=1S/C11H15Cl2NO/c1-14(6-2-3-7-15)9-4-5-10(12)11(13)8-9/h4-5,8,15H,2-3,6-7H2,1H3. The zero-order valence-corrected chi connectivity index (χ0v) is 10.2. The highest BCUT2D eigenvalue weighted by Crippen LogP contribution is 2.26. The van der Waals surface area contributed by atoms with E-state index in [0.717, 1.165) is 25.1 Å². The maximum Gasteiger partial charge on any atom is 0.0612 e. The van der Waals surface area contributed by atoms with Gasteiger partial charge >= 0.3 is 0 Å². The third kappa shape index (κ3) is 3.90. The summed E-state index contributed by atoms with van der Waals surface area (Å²) in [7, 11) is 2.00. The number of unbranched alkanes of at least 4 members (excludes halogenated alkanes) is 1. The van der Waals surface area contributed by atoms with Crippen LogP contribution in [0.25, 0.3) is 0 Å². The fourth-order valence-electron chi connectivity index (χ4n) is 1.31. The minimum Gasteiger partial charge on any atom is -0.396 e. The first-order chi connectivity index (χ1) is 7.15. The second-order valence-corrected chi connectivity index (χ2v) is 4.27. The Labute approximate surface area is 100 Å². The zero-order valence-electron chi connectivity index (χ0n) is 8.71. The molecule has 0 aliphatic heterocycles. The smallest absolute Gasteiger partial charge is 0.0612 e. The summed E-state index contributed by atoms with van der Waals surface area (Å²) in [5.41, 5.74) is 1.04. The molecule has 0 atom stereocenters. The van der Waals surface area contributed by atoms with Crippen LogP contribution < -0.4 is 4.90 Å². The predicted molar refractivity (Wildman–Crippen MR) is 66.1 cm³/mol. The molecule has 0 unspecified atom stereocenters. The number of aliphatic hydroxyl groups excluding tert-OH is 1. The van der Waals surface area contributed by atoms with Crippen molar-refractivity contribution in [2.75, 3.05) is 25.1 Å². The Morgan fingerprint density at radius 2 is 1.93 bits per heavy atom. The van der Waals surface area contributed by atoms with Crippen LogP contribution in [0, 0.1) is 0 Å². The normalized spacial score (nSPS) is 10.4. The van der Waals surface area contributed by atoms with Crippen LogP contribution in [-0.4, -0.2) is 25.3 Å². The third-order valence-electron chi connectivity index (χ3n) is 2.25. The molecule has 1 aromatic carbocycles. The van der Waals surface area contributed by atoms with Crippen LogP contribution in [0.3, 0.4) is 0 Å². The van der Waals surface area contributed by atoms with Gasteiger partial charge in [0.15, 0.2) is 0 Å². The number of hydrogen-bond acceptors (Lipinski definition) is 2. The molecule has 0 aliphatic carbocycles. The highest BCUT2D eigenvalue weighted by Gasteiger charge is 2.03. The van der Waals surface area contributed by atoms with Crippen molar-refractivity contribution < 1.29 is 5.11 Å². The fraction of sp³-hybridized carbons (Fsp3) is 0.455. The molecular weight excluding hydrogens is 233 g/mol. The molecule has 0 aromatic heterocycles. The van der Waals surface area contributed by atoms with Crippen molar-refractivity contribution >= 4 is 28.9 Å². The predicted octanol–water partition coefficient (Wildman–Crippen LogP) is 3.20. The molecule has 1 N–H and O–H groups in total. The monoisotopic (exact) mass is 247 g/mol. The van der Waals surface area contributed by atoms with Gasteiger partial charge in [0, 0.05) is 25.9 Å². The van der Waals surface area contributed by atoms with Crippen molar-refractivity contribution in [2.24, 2.45) is 0 Å². The average molecular weight is 248 g/mol. The van der Waals surface area contributed by atoms with Crippen molar-refractivity contribution in [1.82, 2.24) is 0 Å². The van der Waals surface area contributed by atoms with Crippen molar-refractivity contribution in [1.29, 1.82) is 0 Å². The SMILES string of the molecule is CN(CCCCO)c1ccc(Cl)c(Cl)c1. The first-order valence-corrected chi connectivity index (χ1v) is 5.68. The summed E-state index contributed by atoms with van der Waals surface area (Å²) in [5, 5.41) is 9.82. The van der Waals surface area contributed by atoms with Gasteiger partial charge in [-0.25, -0.2) is 0 Å². The van der Waals surface area contributed by atoms with Crippen LogP contribution in [0.15, 0.2) is 18.2 Å². The fourth-order valence-corrected chi connectivity index (χ4v) is 1.60. The maximum absolute atomic E-state index is 8.67. The largest absolute Gasteiger partial charge is 0.396 e. The van der Waals surface area contributed by atoms with Gasteiger partial charge in [0.1, 0.15) is 0 Å². The van der Waals surface area contributed by atoms with Gasteiger partial charge in [-0.3, -0.25) is 0 Å². The molecule has 0 radical (unpaired) electrons. The van der Waals surface area contributed by atoms with E-state index in [1.165, 1.54) is 0 Å². The summed E-state index contributed by atoms with van der Waals surface area (Å²) in [4.78, 5) is 2.10. The van der Waals surface area contributed by atoms with E-state index in [1.807, 2.05) is 19.2 Å². The molecule has 0 aliphatic rings. The van der Waals surface area contributed by atoms with E-state index in [4.69, 9.17) is 28.3 Å². The number of hydrogen-bond donors (Lipinski definition) is 1. The summed E-state index contributed by atoms with van der Waals surface area (Å²) in [6.45, 7) is 1.15. The highest BCUT2D eigenvalue weighted by atomic mass is 35.5. The van der Waals surface area contributed by atoms with Crippen molar-refractivity contribution in [3.8, 4) is 0 Å². The summed E-state index contributed by atoms with van der Waals surface area (Å²) >= 11 is 11.7.